The molecule has 1 spiro atoms. The number of benzene rings is 14. The Labute approximate surface area is 886 Å². The van der Waals surface area contributed by atoms with Crippen LogP contribution in [0.25, 0.3) is 43.5 Å². The second kappa shape index (κ2) is 51.2. The van der Waals surface area contributed by atoms with Crippen molar-refractivity contribution in [3.05, 3.63) is 373 Å². The van der Waals surface area contributed by atoms with Crippen LogP contribution < -0.4 is 63.4 Å². The third-order valence-corrected chi connectivity index (χ3v) is 48.0. The van der Waals surface area contributed by atoms with Crippen LogP contribution in [0.1, 0.15) is 233 Å². The fourth-order valence-corrected chi connectivity index (χ4v) is 41.4. The van der Waals surface area contributed by atoms with Gasteiger partial charge in [0.2, 0.25) is 0 Å². The summed E-state index contributed by atoms with van der Waals surface area (Å²) >= 11 is 0. The van der Waals surface area contributed by atoms with Crippen molar-refractivity contribution in [2.24, 2.45) is 28.9 Å². The molecule has 145 heavy (non-hydrogen) atoms. The van der Waals surface area contributed by atoms with Crippen molar-refractivity contribution in [2.45, 2.75) is 288 Å². The molecule has 1 aromatic heterocycles. The van der Waals surface area contributed by atoms with E-state index in [0.29, 0.717) is 23.7 Å². The van der Waals surface area contributed by atoms with Crippen molar-refractivity contribution < 1.29 is 34.5 Å². The zero-order valence-electron chi connectivity index (χ0n) is 87.5. The van der Waals surface area contributed by atoms with E-state index in [1.54, 1.807) is 31.8 Å². The van der Waals surface area contributed by atoms with Crippen molar-refractivity contribution in [3.8, 4) is 0 Å². The molecule has 8 aliphatic rings. The summed E-state index contributed by atoms with van der Waals surface area (Å²) in [6, 6.07) is 126. The van der Waals surface area contributed by atoms with Crippen LogP contribution in [-0.2, 0) is 26.1 Å². The van der Waals surface area contributed by atoms with Crippen LogP contribution >= 0.6 is 48.2 Å². The Bertz CT molecular complexity index is 6070. The van der Waals surface area contributed by atoms with Crippen LogP contribution in [0.15, 0.2) is 348 Å². The number of hydrogen-bond acceptors (Lipinski definition) is 7. The minimum absolute atomic E-state index is 0. The predicted octanol–water partition coefficient (Wildman–Crippen LogP) is 32.3. The van der Waals surface area contributed by atoms with Crippen LogP contribution in [0.2, 0.25) is 0 Å². The van der Waals surface area contributed by atoms with E-state index in [9.17, 15) is 0 Å². The van der Waals surface area contributed by atoms with Crippen molar-refractivity contribution in [1.29, 1.82) is 0 Å². The molecule has 0 radical (unpaired) electrons. The smallest absolute Gasteiger partial charge is 0.309 e. The summed E-state index contributed by atoms with van der Waals surface area (Å²) in [5.74, 6) is 2.20. The van der Waals surface area contributed by atoms with Gasteiger partial charge in [-0.05, 0) is 296 Å². The maximum Gasteiger partial charge on any atom is 0.309 e. The minimum atomic E-state index is -1.21. The second-order valence-electron chi connectivity index (χ2n) is 43.0. The SMILES string of the molecule is C1CCCC1.CN(C)p1oc2ccc3ccccc3c2c2c(ccc3ccccc32)o1.Cc1cc(P(c2cc(C)c(C)c(C)c2)C2CCCC2C(C)(N)N(C2CCCCC2)C2CCCCC2)cc(C)c1C.[Fe].c1ccc(P(OC2CCCC23CCC[C@H]3OP(c2ccccc2)c2ccccc2)c2ccccc2)cc1.c1ccc(P(c2ccccc2)C2CCC[C@@H]2[C@H]2CCCC2P(c2ccccc2)c2ccccc2)cc1. The molecular formula is C131H155FeN3O4P6. The standard InChI is InChI=1S/C37H57N2P.C34H36P2.C33H34O2P2.C22H18NO2P.C5H10.Fe/c1-25-21-33(22-26(2)29(25)5)40(34-23-27(3)30(6)28(4)24-34)36-20-14-19-35(36)37(7,38)39(31-15-10-8-11-16-31)32-17-12-9-13-18-32;1-5-15-27(16-6-1)35(28-17-7-2-8-18-28)33-25-13-23-31(33)32-24-14-26-34(32)36(29-19-9-3-10-20-29)30-21-11-4-12-22-30;1-5-15-27(16-6-1)36(28-17-7-2-8-18-28)34-31-23-13-25-33(31)26-14-24-32(33)35-37(29-19-9-3-10-20-29)30-21-11-4-12-22-30;1-23(2)26-24-19-13-11-15-7-3-5-9-17(15)21(19)22-18-10-6-4-8-16(18)12-14-20(22)25-26;1-2-4-5-3-1;/h21-24,31-32,35-36H,8-20,38H2,1-7H3;1-12,15-22,31-34H,13-14,23-26H2;1-12,15-22,31-32H,13-14,23-26H2;3-14H,1-2H3;1-5H2;/t;31-,32-,33?,34?;31-,32?,33?;;;/m.11.../s1. The molecule has 8 saturated carbocycles. The molecule has 0 saturated heterocycles. The van der Waals surface area contributed by atoms with Crippen LogP contribution in [0.3, 0.4) is 0 Å². The van der Waals surface area contributed by atoms with Gasteiger partial charge in [0.15, 0.2) is 0 Å². The minimum Gasteiger partial charge on any atom is -0.408 e. The van der Waals surface area contributed by atoms with Gasteiger partial charge in [-0.25, -0.2) is 4.67 Å². The Balaban J connectivity index is 0.000000125. The number of aryl methyl sites for hydroxylation is 4. The van der Waals surface area contributed by atoms with Gasteiger partial charge in [0, 0.05) is 80.7 Å². The first-order chi connectivity index (χ1) is 70.5. The summed E-state index contributed by atoms with van der Waals surface area (Å²) in [7, 11) is -0.207. The quantitative estimate of drug-likeness (QED) is 0.0388. The Morgan fingerprint density at radius 2 is 0.600 bits per heavy atom. The molecule has 756 valence electrons. The van der Waals surface area contributed by atoms with Gasteiger partial charge in [-0.1, -0.05) is 430 Å². The molecule has 1 heterocycles. The van der Waals surface area contributed by atoms with E-state index in [1.165, 1.54) is 256 Å². The molecule has 14 heteroatoms. The monoisotopic (exact) mass is 2080 g/mol. The molecule has 15 aromatic rings. The molecular weight excluding hydrogens is 1920 g/mol. The normalized spacial score (nSPS) is 21.6. The summed E-state index contributed by atoms with van der Waals surface area (Å²) in [6.45, 7) is 16.3. The van der Waals surface area contributed by atoms with Gasteiger partial charge in [0.05, 0.1) is 34.2 Å². The van der Waals surface area contributed by atoms with E-state index in [1.807, 2.05) is 18.8 Å². The largest absolute Gasteiger partial charge is 0.408 e. The molecule has 8 aliphatic carbocycles. The zero-order chi connectivity index (χ0) is 98.9. The molecule has 2 N–H and O–H groups in total. The average molecular weight is 2080 g/mol. The van der Waals surface area contributed by atoms with Crippen LogP contribution in [0.5, 0.6) is 0 Å². The Hall–Kier alpha value is -8.03. The van der Waals surface area contributed by atoms with Crippen LogP contribution in [0, 0.1) is 64.7 Å². The van der Waals surface area contributed by atoms with Crippen molar-refractivity contribution in [3.63, 3.8) is 0 Å². The first kappa shape index (κ1) is 107. The summed E-state index contributed by atoms with van der Waals surface area (Å²) in [5.41, 5.74) is 20.3. The maximum atomic E-state index is 7.82. The van der Waals surface area contributed by atoms with Crippen molar-refractivity contribution in [2.75, 3.05) is 18.8 Å². The van der Waals surface area contributed by atoms with E-state index in [-0.39, 0.29) is 56.2 Å². The zero-order valence-corrected chi connectivity index (χ0v) is 93.9. The number of rotatable bonds is 23. The van der Waals surface area contributed by atoms with Gasteiger partial charge in [-0.2, -0.15) is 0 Å². The van der Waals surface area contributed by atoms with E-state index < -0.39 is 32.4 Å². The summed E-state index contributed by atoms with van der Waals surface area (Å²) in [5, 5.41) is 21.6. The molecule has 14 aromatic carbocycles. The topological polar surface area (TPSA) is 77.2 Å². The Morgan fingerprint density at radius 3 is 0.931 bits per heavy atom. The molecule has 10 atom stereocenters. The maximum absolute atomic E-state index is 7.82. The van der Waals surface area contributed by atoms with Crippen molar-refractivity contribution >= 4 is 145 Å². The van der Waals surface area contributed by atoms with Gasteiger partial charge in [0.1, 0.15) is 11.2 Å². The molecule has 0 aliphatic heterocycles. The van der Waals surface area contributed by atoms with E-state index in [2.05, 4.69) is 393 Å². The first-order valence-corrected chi connectivity index (χ1v) is 62.8. The van der Waals surface area contributed by atoms with Crippen LogP contribution in [-0.4, -0.2) is 65.9 Å². The Kier molecular flexibility index (Phi) is 37.7. The van der Waals surface area contributed by atoms with Crippen molar-refractivity contribution in [1.82, 2.24) is 4.90 Å². The first-order valence-electron chi connectivity index (χ1n) is 54.9. The Morgan fingerprint density at radius 1 is 0.310 bits per heavy atom. The van der Waals surface area contributed by atoms with Gasteiger partial charge < -0.3 is 23.2 Å². The van der Waals surface area contributed by atoms with Crippen LogP contribution in [0.4, 0.5) is 0 Å². The molecule has 7 unspecified atom stereocenters. The summed E-state index contributed by atoms with van der Waals surface area (Å²) < 4.78 is 29.1. The molecule has 8 fully saturated rings. The number of nitrogens with two attached hydrogens (primary N) is 1. The van der Waals surface area contributed by atoms with Gasteiger partial charge in [-0.15, -0.1) is 0 Å². The fourth-order valence-electron chi connectivity index (χ4n) is 26.3. The number of hydrogen-bond donors (Lipinski definition) is 1. The van der Waals surface area contributed by atoms with E-state index in [4.69, 9.17) is 23.2 Å². The molecule has 23 rings (SSSR count). The summed E-state index contributed by atoms with van der Waals surface area (Å²) in [6.07, 6.45) is 41.0. The molecule has 0 amide bonds. The average Bonchev–Trinajstić information content (AvgIpc) is 1.71. The second-order valence-corrected chi connectivity index (χ2v) is 55.6. The van der Waals surface area contributed by atoms with Gasteiger partial charge in [-0.3, -0.25) is 4.90 Å². The summed E-state index contributed by atoms with van der Waals surface area (Å²) in [4.78, 5) is 2.96. The predicted molar refractivity (Wildman–Crippen MR) is 630 cm³/mol. The van der Waals surface area contributed by atoms with E-state index in [0.717, 1.165) is 57.9 Å². The molecule has 7 nitrogen and oxygen atoms in total. The van der Waals surface area contributed by atoms with Gasteiger partial charge >= 0.3 is 8.16 Å². The third-order valence-electron chi connectivity index (χ3n) is 33.7. The fraction of sp³-hybridized carbons (Fsp3) is 0.389. The number of fused-ring (bicyclic) bond motifs is 7. The van der Waals surface area contributed by atoms with Gasteiger partial charge in [0.25, 0.3) is 0 Å². The number of nitrogens with zero attached hydrogens (tertiary/aromatic N) is 2. The third kappa shape index (κ3) is 24.9. The molecule has 0 bridgehead atoms. The van der Waals surface area contributed by atoms with E-state index >= 15 is 0 Å².